The first kappa shape index (κ1) is 16.2. The predicted octanol–water partition coefficient (Wildman–Crippen LogP) is 2.65. The van der Waals surface area contributed by atoms with Crippen molar-refractivity contribution in [1.29, 1.82) is 0 Å². The lowest BCUT2D eigenvalue weighted by Crippen LogP contribution is -2.57. The summed E-state index contributed by atoms with van der Waals surface area (Å²) in [5, 5.41) is 10.1. The number of rotatable bonds is 4. The number of aromatic nitrogens is 2. The van der Waals surface area contributed by atoms with E-state index in [0.29, 0.717) is 18.5 Å². The molecule has 0 bridgehead atoms. The molecule has 2 aromatic rings. The summed E-state index contributed by atoms with van der Waals surface area (Å²) in [5.41, 5.74) is 0.768. The summed E-state index contributed by atoms with van der Waals surface area (Å²) in [5.74, 6) is -0.313. The molecule has 0 saturated heterocycles. The lowest BCUT2D eigenvalue weighted by molar-refractivity contribution is -0.130. The first-order chi connectivity index (χ1) is 11.6. The van der Waals surface area contributed by atoms with Gasteiger partial charge in [0.1, 0.15) is 5.54 Å². The maximum Gasteiger partial charge on any atom is 0.250 e. The van der Waals surface area contributed by atoms with Crippen LogP contribution in [-0.4, -0.2) is 27.1 Å². The number of amides is 2. The Bertz CT molecular complexity index is 718. The van der Waals surface area contributed by atoms with Crippen molar-refractivity contribution in [2.24, 2.45) is 0 Å². The molecule has 0 spiro atoms. The number of nitrogens with one attached hydrogen (secondary N) is 2. The molecular formula is C18H22N4O2. The molecule has 1 aliphatic rings. The van der Waals surface area contributed by atoms with Gasteiger partial charge >= 0.3 is 0 Å². The molecule has 6 nitrogen and oxygen atoms in total. The van der Waals surface area contributed by atoms with Crippen molar-refractivity contribution in [3.63, 3.8) is 0 Å². The molecule has 126 valence electrons. The van der Waals surface area contributed by atoms with Crippen molar-refractivity contribution in [3.05, 3.63) is 42.7 Å². The van der Waals surface area contributed by atoms with Crippen molar-refractivity contribution in [3.8, 4) is 5.69 Å². The van der Waals surface area contributed by atoms with E-state index in [1.165, 1.54) is 6.92 Å². The van der Waals surface area contributed by atoms with Gasteiger partial charge in [0.2, 0.25) is 11.8 Å². The van der Waals surface area contributed by atoms with Crippen molar-refractivity contribution < 1.29 is 9.59 Å². The number of carbonyl (C=O) groups excluding carboxylic acids is 2. The minimum atomic E-state index is -0.800. The van der Waals surface area contributed by atoms with Crippen LogP contribution in [0.4, 0.5) is 5.69 Å². The van der Waals surface area contributed by atoms with Crippen LogP contribution in [0.25, 0.3) is 5.69 Å². The fraction of sp³-hybridized carbons (Fsp3) is 0.389. The molecule has 1 heterocycles. The third-order valence-electron chi connectivity index (χ3n) is 4.43. The highest BCUT2D eigenvalue weighted by Crippen LogP contribution is 2.30. The largest absolute Gasteiger partial charge is 0.342 e. The van der Waals surface area contributed by atoms with Gasteiger partial charge in [-0.05, 0) is 37.1 Å². The lowest BCUT2D eigenvalue weighted by Gasteiger charge is -2.36. The van der Waals surface area contributed by atoms with Crippen LogP contribution in [0.3, 0.4) is 0 Å². The molecular weight excluding hydrogens is 304 g/mol. The Morgan fingerprint density at radius 1 is 1.17 bits per heavy atom. The zero-order valence-corrected chi connectivity index (χ0v) is 13.8. The molecule has 6 heteroatoms. The second-order valence-electron chi connectivity index (χ2n) is 6.28. The molecule has 0 atom stereocenters. The fourth-order valence-corrected chi connectivity index (χ4v) is 3.30. The third kappa shape index (κ3) is 3.48. The van der Waals surface area contributed by atoms with Gasteiger partial charge in [0.15, 0.2) is 0 Å². The average Bonchev–Trinajstić information content (AvgIpc) is 3.10. The molecule has 1 saturated carbocycles. The summed E-state index contributed by atoms with van der Waals surface area (Å²) in [4.78, 5) is 24.5. The third-order valence-corrected chi connectivity index (χ3v) is 4.43. The minimum absolute atomic E-state index is 0.144. The van der Waals surface area contributed by atoms with E-state index < -0.39 is 5.54 Å². The van der Waals surface area contributed by atoms with Gasteiger partial charge in [-0.2, -0.15) is 5.10 Å². The lowest BCUT2D eigenvalue weighted by atomic mass is 9.80. The van der Waals surface area contributed by atoms with E-state index in [1.807, 2.05) is 36.5 Å². The van der Waals surface area contributed by atoms with E-state index in [-0.39, 0.29) is 11.8 Å². The standard InChI is InChI=1S/C18H22N4O2/c1-14(23)21-18(9-3-2-4-10-18)17(24)20-15-7-5-8-16(13-15)22-12-6-11-19-22/h5-8,11-13H,2-4,9-10H2,1H3,(H,20,24)(H,21,23). The van der Waals surface area contributed by atoms with Gasteiger partial charge in [0.05, 0.1) is 5.69 Å². The summed E-state index contributed by atoms with van der Waals surface area (Å²) in [6.45, 7) is 1.46. The second-order valence-corrected chi connectivity index (χ2v) is 6.28. The van der Waals surface area contributed by atoms with Crippen LogP contribution < -0.4 is 10.6 Å². The van der Waals surface area contributed by atoms with Crippen LogP contribution in [-0.2, 0) is 9.59 Å². The molecule has 0 unspecified atom stereocenters. The van der Waals surface area contributed by atoms with E-state index in [4.69, 9.17) is 0 Å². The molecule has 0 radical (unpaired) electrons. The molecule has 24 heavy (non-hydrogen) atoms. The quantitative estimate of drug-likeness (QED) is 0.907. The first-order valence-corrected chi connectivity index (χ1v) is 8.29. The Kier molecular flexibility index (Phi) is 4.64. The predicted molar refractivity (Wildman–Crippen MR) is 91.8 cm³/mol. The van der Waals surface area contributed by atoms with Gasteiger partial charge in [0, 0.05) is 25.0 Å². The number of hydrogen-bond acceptors (Lipinski definition) is 3. The SMILES string of the molecule is CC(=O)NC1(C(=O)Nc2cccc(-n3cccn3)c2)CCCCC1. The second kappa shape index (κ2) is 6.86. The van der Waals surface area contributed by atoms with Crippen LogP contribution in [0.15, 0.2) is 42.7 Å². The molecule has 2 amide bonds. The van der Waals surface area contributed by atoms with Crippen molar-refractivity contribution in [2.75, 3.05) is 5.32 Å². The van der Waals surface area contributed by atoms with Crippen LogP contribution in [0.5, 0.6) is 0 Å². The van der Waals surface area contributed by atoms with E-state index in [0.717, 1.165) is 24.9 Å². The van der Waals surface area contributed by atoms with Crippen LogP contribution >= 0.6 is 0 Å². The Balaban J connectivity index is 1.80. The van der Waals surface area contributed by atoms with Crippen LogP contribution in [0, 0.1) is 0 Å². The van der Waals surface area contributed by atoms with Gasteiger partial charge < -0.3 is 10.6 Å². The van der Waals surface area contributed by atoms with Gasteiger partial charge in [-0.1, -0.05) is 25.3 Å². The van der Waals surface area contributed by atoms with Crippen LogP contribution in [0.1, 0.15) is 39.0 Å². The molecule has 1 aromatic heterocycles. The zero-order chi connectivity index (χ0) is 17.0. The van der Waals surface area contributed by atoms with E-state index in [9.17, 15) is 9.59 Å². The summed E-state index contributed by atoms with van der Waals surface area (Å²) in [6, 6.07) is 9.36. The highest BCUT2D eigenvalue weighted by atomic mass is 16.2. The molecule has 1 fully saturated rings. The number of hydrogen-bond donors (Lipinski definition) is 2. The summed E-state index contributed by atoms with van der Waals surface area (Å²) >= 11 is 0. The van der Waals surface area contributed by atoms with Crippen molar-refractivity contribution >= 4 is 17.5 Å². The Morgan fingerprint density at radius 3 is 2.62 bits per heavy atom. The van der Waals surface area contributed by atoms with Crippen LogP contribution in [0.2, 0.25) is 0 Å². The van der Waals surface area contributed by atoms with Gasteiger partial charge in [0.25, 0.3) is 0 Å². The van der Waals surface area contributed by atoms with Crippen molar-refractivity contribution in [2.45, 2.75) is 44.6 Å². The maximum absolute atomic E-state index is 12.9. The summed E-state index contributed by atoms with van der Waals surface area (Å²) in [6.07, 6.45) is 7.90. The highest BCUT2D eigenvalue weighted by molar-refractivity contribution is 6.00. The Labute approximate surface area is 141 Å². The minimum Gasteiger partial charge on any atom is -0.342 e. The van der Waals surface area contributed by atoms with E-state index in [2.05, 4.69) is 15.7 Å². The number of nitrogens with zero attached hydrogens (tertiary/aromatic N) is 2. The molecule has 1 aromatic carbocycles. The Morgan fingerprint density at radius 2 is 1.96 bits per heavy atom. The van der Waals surface area contributed by atoms with E-state index in [1.54, 1.807) is 10.9 Å². The molecule has 1 aliphatic carbocycles. The van der Waals surface area contributed by atoms with Gasteiger partial charge in [-0.15, -0.1) is 0 Å². The zero-order valence-electron chi connectivity index (χ0n) is 13.8. The number of carbonyl (C=O) groups is 2. The summed E-state index contributed by atoms with van der Waals surface area (Å²) in [7, 11) is 0. The number of benzene rings is 1. The average molecular weight is 326 g/mol. The van der Waals surface area contributed by atoms with E-state index >= 15 is 0 Å². The topological polar surface area (TPSA) is 76.0 Å². The molecule has 2 N–H and O–H groups in total. The maximum atomic E-state index is 12.9. The first-order valence-electron chi connectivity index (χ1n) is 8.29. The monoisotopic (exact) mass is 326 g/mol. The Hall–Kier alpha value is -2.63. The fourth-order valence-electron chi connectivity index (χ4n) is 3.30. The number of anilines is 1. The normalized spacial score (nSPS) is 16.4. The molecule has 3 rings (SSSR count). The van der Waals surface area contributed by atoms with Gasteiger partial charge in [-0.25, -0.2) is 4.68 Å². The summed E-state index contributed by atoms with van der Waals surface area (Å²) < 4.78 is 1.74. The smallest absolute Gasteiger partial charge is 0.250 e. The molecule has 0 aliphatic heterocycles. The van der Waals surface area contributed by atoms with Gasteiger partial charge in [-0.3, -0.25) is 9.59 Å². The highest BCUT2D eigenvalue weighted by Gasteiger charge is 2.40. The van der Waals surface area contributed by atoms with Crippen molar-refractivity contribution in [1.82, 2.24) is 15.1 Å².